The summed E-state index contributed by atoms with van der Waals surface area (Å²) in [6, 6.07) is 19.9. The summed E-state index contributed by atoms with van der Waals surface area (Å²) < 4.78 is 7.45. The molecule has 0 fully saturated rings. The Kier molecular flexibility index (Phi) is 4.69. The van der Waals surface area contributed by atoms with Crippen molar-refractivity contribution in [3.8, 4) is 11.3 Å². The van der Waals surface area contributed by atoms with Gasteiger partial charge in [-0.25, -0.2) is 0 Å². The van der Waals surface area contributed by atoms with Crippen molar-refractivity contribution in [2.45, 2.75) is 17.3 Å². The van der Waals surface area contributed by atoms with E-state index in [1.165, 1.54) is 9.78 Å². The molecule has 2 aromatic heterocycles. The van der Waals surface area contributed by atoms with Gasteiger partial charge in [0.2, 0.25) is 0 Å². The average Bonchev–Trinajstić information content (AvgIpc) is 2.92. The van der Waals surface area contributed by atoms with Crippen LogP contribution in [-0.4, -0.2) is 18.3 Å². The Balaban J connectivity index is 0.00000169. The van der Waals surface area contributed by atoms with Crippen LogP contribution in [0.3, 0.4) is 0 Å². The van der Waals surface area contributed by atoms with Crippen LogP contribution in [0.15, 0.2) is 59.1 Å². The maximum Gasteiger partial charge on any atom is 0 e. The predicted octanol–water partition coefficient (Wildman–Crippen LogP) is 4.99. The molecule has 4 rings (SSSR count). The molecule has 0 unspecified atom stereocenters. The van der Waals surface area contributed by atoms with Crippen LogP contribution >= 0.6 is 0 Å². The van der Waals surface area contributed by atoms with Crippen molar-refractivity contribution in [2.24, 2.45) is 0 Å². The molecule has 0 bridgehead atoms. The van der Waals surface area contributed by atoms with Crippen molar-refractivity contribution < 1.29 is 24.5 Å². The van der Waals surface area contributed by atoms with E-state index in [9.17, 15) is 0 Å². The van der Waals surface area contributed by atoms with Crippen LogP contribution in [0.4, 0.5) is 0 Å². The van der Waals surface area contributed by atoms with Gasteiger partial charge in [0.05, 0.1) is 0 Å². The Hall–Kier alpha value is -1.42. The van der Waals surface area contributed by atoms with Gasteiger partial charge in [0.15, 0.2) is 0 Å². The molecule has 2 heterocycles. The molecular formula is C20H18GeIrNO-. The smallest absolute Gasteiger partial charge is 0 e. The fourth-order valence-electron chi connectivity index (χ4n) is 2.85. The van der Waals surface area contributed by atoms with E-state index in [4.69, 9.17) is 4.42 Å². The monoisotopic (exact) mass is 555 g/mol. The third-order valence-electron chi connectivity index (χ3n) is 4.21. The first-order chi connectivity index (χ1) is 11.0. The van der Waals surface area contributed by atoms with Gasteiger partial charge < -0.3 is 0 Å². The van der Waals surface area contributed by atoms with Gasteiger partial charge >= 0.3 is 138 Å². The molecule has 4 aromatic rings. The summed E-state index contributed by atoms with van der Waals surface area (Å²) in [6.45, 7) is 0. The van der Waals surface area contributed by atoms with Gasteiger partial charge in [0.1, 0.15) is 0 Å². The molecule has 0 aliphatic rings. The number of furan rings is 1. The molecular weight excluding hydrogens is 535 g/mol. The van der Waals surface area contributed by atoms with Crippen LogP contribution in [0, 0.1) is 6.07 Å². The summed E-state index contributed by atoms with van der Waals surface area (Å²) in [5, 5.41) is 2.33. The quantitative estimate of drug-likeness (QED) is 0.259. The maximum absolute atomic E-state index is 5.96. The van der Waals surface area contributed by atoms with Crippen LogP contribution in [-0.2, 0) is 20.1 Å². The zero-order valence-electron chi connectivity index (χ0n) is 13.9. The predicted molar refractivity (Wildman–Crippen MR) is 98.8 cm³/mol. The summed E-state index contributed by atoms with van der Waals surface area (Å²) in [5.41, 5.74) is 3.72. The van der Waals surface area contributed by atoms with Gasteiger partial charge in [0, 0.05) is 20.1 Å². The van der Waals surface area contributed by atoms with E-state index in [1.807, 2.05) is 30.5 Å². The summed E-state index contributed by atoms with van der Waals surface area (Å²) in [5.74, 6) is 7.24. The molecule has 0 aliphatic carbocycles. The molecule has 1 radical (unpaired) electrons. The third-order valence-corrected chi connectivity index (χ3v) is 8.49. The van der Waals surface area contributed by atoms with E-state index in [0.717, 1.165) is 27.8 Å². The SMILES string of the molecule is [CH3][Ge]([CH3])([CH3])[c]1ccc2oc3cnc(-c4[c-]cccc4)cc3c2c1.[Ir]. The summed E-state index contributed by atoms with van der Waals surface area (Å²) >= 11 is -1.86. The van der Waals surface area contributed by atoms with Crippen LogP contribution < -0.4 is 4.40 Å². The van der Waals surface area contributed by atoms with Crippen LogP contribution in [0.1, 0.15) is 0 Å². The number of pyridine rings is 1. The Bertz CT molecular complexity index is 1000. The van der Waals surface area contributed by atoms with Gasteiger partial charge in [-0.3, -0.25) is 0 Å². The largest absolute Gasteiger partial charge is 0 e. The fraction of sp³-hybridized carbons (Fsp3) is 0.150. The maximum atomic E-state index is 5.96. The van der Waals surface area contributed by atoms with Crippen LogP contribution in [0.2, 0.25) is 17.3 Å². The zero-order valence-corrected chi connectivity index (χ0v) is 18.4. The van der Waals surface area contributed by atoms with Gasteiger partial charge in [-0.15, -0.1) is 0 Å². The Morgan fingerprint density at radius 3 is 2.46 bits per heavy atom. The zero-order chi connectivity index (χ0) is 16.0. The van der Waals surface area contributed by atoms with Gasteiger partial charge in [-0.1, -0.05) is 0 Å². The first kappa shape index (κ1) is 17.4. The summed E-state index contributed by atoms with van der Waals surface area (Å²) in [7, 11) is 0. The Labute approximate surface area is 158 Å². The number of rotatable bonds is 2. The van der Waals surface area contributed by atoms with E-state index in [0.29, 0.717) is 0 Å². The second-order valence-electron chi connectivity index (χ2n) is 6.90. The van der Waals surface area contributed by atoms with E-state index < -0.39 is 13.3 Å². The normalized spacial score (nSPS) is 11.6. The molecule has 24 heavy (non-hydrogen) atoms. The van der Waals surface area contributed by atoms with E-state index in [2.05, 4.69) is 52.6 Å². The Morgan fingerprint density at radius 2 is 1.75 bits per heavy atom. The van der Waals surface area contributed by atoms with Gasteiger partial charge in [0.25, 0.3) is 0 Å². The fourth-order valence-corrected chi connectivity index (χ4v) is 5.28. The first-order valence-corrected chi connectivity index (χ1v) is 15.2. The molecule has 0 spiro atoms. The molecule has 2 aromatic carbocycles. The minimum atomic E-state index is -1.86. The molecule has 0 atom stereocenters. The summed E-state index contributed by atoms with van der Waals surface area (Å²) in [4.78, 5) is 4.53. The second kappa shape index (κ2) is 6.47. The molecule has 0 aliphatic heterocycles. The van der Waals surface area contributed by atoms with Crippen LogP contribution in [0.5, 0.6) is 0 Å². The van der Waals surface area contributed by atoms with Crippen molar-refractivity contribution >= 4 is 39.6 Å². The summed E-state index contributed by atoms with van der Waals surface area (Å²) in [6.07, 6.45) is 1.82. The van der Waals surface area contributed by atoms with E-state index in [-0.39, 0.29) is 20.1 Å². The molecule has 0 N–H and O–H groups in total. The molecule has 123 valence electrons. The molecule has 0 saturated heterocycles. The minimum Gasteiger partial charge on any atom is 0 e. The topological polar surface area (TPSA) is 26.0 Å². The van der Waals surface area contributed by atoms with Crippen LogP contribution in [0.25, 0.3) is 33.2 Å². The number of aromatic nitrogens is 1. The Morgan fingerprint density at radius 1 is 0.958 bits per heavy atom. The number of hydrogen-bond donors (Lipinski definition) is 0. The standard InChI is InChI=1S/C20H18GeNO.Ir/c1-21(2,3)15-9-10-19-16(11-15)17-12-18(22-13-20(17)23-19)14-7-5-4-6-8-14;/h4-7,9-13H,1-3H3;/q-1;. The second-order valence-corrected chi connectivity index (χ2v) is 17.6. The van der Waals surface area contributed by atoms with Crippen molar-refractivity contribution in [1.29, 1.82) is 0 Å². The first-order valence-electron chi connectivity index (χ1n) is 7.82. The molecule has 2 nitrogen and oxygen atoms in total. The van der Waals surface area contributed by atoms with Crippen molar-refractivity contribution in [3.05, 3.63) is 60.8 Å². The van der Waals surface area contributed by atoms with Crippen molar-refractivity contribution in [1.82, 2.24) is 4.98 Å². The van der Waals surface area contributed by atoms with E-state index in [1.54, 1.807) is 0 Å². The number of nitrogens with zero attached hydrogens (tertiary/aromatic N) is 1. The van der Waals surface area contributed by atoms with Crippen molar-refractivity contribution in [2.75, 3.05) is 0 Å². The molecule has 4 heteroatoms. The van der Waals surface area contributed by atoms with E-state index >= 15 is 0 Å². The van der Waals surface area contributed by atoms with Crippen molar-refractivity contribution in [3.63, 3.8) is 0 Å². The van der Waals surface area contributed by atoms with Gasteiger partial charge in [-0.05, 0) is 0 Å². The minimum absolute atomic E-state index is 0. The number of fused-ring (bicyclic) bond motifs is 3. The third kappa shape index (κ3) is 3.08. The van der Waals surface area contributed by atoms with Gasteiger partial charge in [-0.2, -0.15) is 0 Å². The molecule has 0 saturated carbocycles. The number of hydrogen-bond acceptors (Lipinski definition) is 2. The molecule has 0 amide bonds. The average molecular weight is 553 g/mol. The number of benzene rings is 2.